The highest BCUT2D eigenvalue weighted by atomic mass is 16.1. The van der Waals surface area contributed by atoms with Crippen molar-refractivity contribution >= 4 is 11.9 Å². The zero-order valence-electron chi connectivity index (χ0n) is 16.1. The average molecular weight is 360 g/mol. The number of carbonyl (C=O) groups excluding carboxylic acids is 1. The lowest BCUT2D eigenvalue weighted by Gasteiger charge is -2.31. The third kappa shape index (κ3) is 6.67. The second kappa shape index (κ2) is 10.8. The summed E-state index contributed by atoms with van der Waals surface area (Å²) in [5, 5.41) is 6.76. The van der Waals surface area contributed by atoms with E-state index >= 15 is 0 Å². The van der Waals surface area contributed by atoms with Gasteiger partial charge in [-0.3, -0.25) is 9.79 Å². The van der Waals surface area contributed by atoms with Crippen LogP contribution in [0.25, 0.3) is 0 Å². The molecule has 1 fully saturated rings. The number of piperidine rings is 1. The minimum atomic E-state index is -0.162. The lowest BCUT2D eigenvalue weighted by atomic mass is 9.97. The zero-order valence-corrected chi connectivity index (χ0v) is 16.1. The van der Waals surface area contributed by atoms with Crippen LogP contribution < -0.4 is 16.4 Å². The number of amides is 1. The molecule has 2 atom stereocenters. The molecule has 0 radical (unpaired) electrons. The fourth-order valence-electron chi connectivity index (χ4n) is 3.37. The van der Waals surface area contributed by atoms with Gasteiger partial charge in [0.05, 0.1) is 5.92 Å². The number of primary amides is 1. The highest BCUT2D eigenvalue weighted by Gasteiger charge is 2.23. The summed E-state index contributed by atoms with van der Waals surface area (Å²) >= 11 is 0. The van der Waals surface area contributed by atoms with E-state index in [1.807, 2.05) is 6.07 Å². The van der Waals surface area contributed by atoms with E-state index in [1.54, 1.807) is 7.05 Å². The Labute approximate surface area is 157 Å². The van der Waals surface area contributed by atoms with Crippen LogP contribution in [0.15, 0.2) is 35.3 Å². The molecule has 0 saturated carbocycles. The molecule has 2 rings (SSSR count). The smallest absolute Gasteiger partial charge is 0.221 e. The topological polar surface area (TPSA) is 82.8 Å². The fourth-order valence-corrected chi connectivity index (χ4v) is 3.37. The Morgan fingerprint density at radius 3 is 2.81 bits per heavy atom. The first kappa shape index (κ1) is 20.2. The Hall–Kier alpha value is -2.08. The Morgan fingerprint density at radius 2 is 2.12 bits per heavy atom. The number of nitrogens with zero attached hydrogens (tertiary/aromatic N) is 2. The van der Waals surface area contributed by atoms with Crippen molar-refractivity contribution in [2.24, 2.45) is 16.6 Å². The molecule has 26 heavy (non-hydrogen) atoms. The maximum Gasteiger partial charge on any atom is 0.221 e. The number of hydrogen-bond donors (Lipinski definition) is 3. The summed E-state index contributed by atoms with van der Waals surface area (Å²) < 4.78 is 0. The normalized spacial score (nSPS) is 19.8. The first-order valence-electron chi connectivity index (χ1n) is 9.61. The van der Waals surface area contributed by atoms with Crippen molar-refractivity contribution < 1.29 is 4.79 Å². The third-order valence-electron chi connectivity index (χ3n) is 5.02. The number of rotatable bonds is 8. The van der Waals surface area contributed by atoms with Gasteiger partial charge in [0.1, 0.15) is 0 Å². The number of benzene rings is 1. The summed E-state index contributed by atoms with van der Waals surface area (Å²) in [6, 6.07) is 10.5. The molecule has 4 N–H and O–H groups in total. The number of nitrogens with one attached hydrogen (secondary N) is 2. The first-order valence-corrected chi connectivity index (χ1v) is 9.61. The summed E-state index contributed by atoms with van der Waals surface area (Å²) in [6.07, 6.45) is 3.00. The SMILES string of the molecule is CN=C(NCCCN1CCCC(C(N)=O)C1)NCC(C)c1ccccc1. The van der Waals surface area contributed by atoms with E-state index in [0.717, 1.165) is 57.9 Å². The monoisotopic (exact) mass is 359 g/mol. The number of carbonyl (C=O) groups is 1. The maximum atomic E-state index is 11.3. The Morgan fingerprint density at radius 1 is 1.35 bits per heavy atom. The van der Waals surface area contributed by atoms with E-state index in [-0.39, 0.29) is 11.8 Å². The molecule has 1 amide bonds. The van der Waals surface area contributed by atoms with E-state index in [2.05, 4.69) is 51.7 Å². The molecule has 6 heteroatoms. The van der Waals surface area contributed by atoms with Crippen molar-refractivity contribution in [2.75, 3.05) is 39.8 Å². The molecule has 144 valence electrons. The molecule has 1 saturated heterocycles. The van der Waals surface area contributed by atoms with Crippen molar-refractivity contribution in [1.29, 1.82) is 0 Å². The third-order valence-corrected chi connectivity index (χ3v) is 5.02. The predicted octanol–water partition coefficient (Wildman–Crippen LogP) is 1.54. The molecule has 1 aromatic carbocycles. The van der Waals surface area contributed by atoms with Crippen molar-refractivity contribution in [2.45, 2.75) is 32.1 Å². The zero-order chi connectivity index (χ0) is 18.8. The van der Waals surface area contributed by atoms with E-state index in [4.69, 9.17) is 5.73 Å². The highest BCUT2D eigenvalue weighted by Crippen LogP contribution is 2.16. The molecular formula is C20H33N5O. The number of hydrogen-bond acceptors (Lipinski definition) is 3. The Balaban J connectivity index is 1.63. The van der Waals surface area contributed by atoms with Gasteiger partial charge in [0.25, 0.3) is 0 Å². The van der Waals surface area contributed by atoms with E-state index in [1.165, 1.54) is 5.56 Å². The second-order valence-electron chi connectivity index (χ2n) is 7.09. The largest absolute Gasteiger partial charge is 0.369 e. The van der Waals surface area contributed by atoms with Crippen molar-refractivity contribution in [1.82, 2.24) is 15.5 Å². The van der Waals surface area contributed by atoms with Crippen LogP contribution in [-0.4, -0.2) is 56.5 Å². The van der Waals surface area contributed by atoms with Gasteiger partial charge in [-0.1, -0.05) is 37.3 Å². The van der Waals surface area contributed by atoms with Gasteiger partial charge in [-0.05, 0) is 43.8 Å². The van der Waals surface area contributed by atoms with Crippen LogP contribution in [0.1, 0.15) is 37.7 Å². The molecule has 0 aliphatic carbocycles. The molecule has 1 aromatic rings. The Kier molecular flexibility index (Phi) is 8.41. The van der Waals surface area contributed by atoms with E-state index < -0.39 is 0 Å². The van der Waals surface area contributed by atoms with Crippen molar-refractivity contribution in [3.05, 3.63) is 35.9 Å². The minimum absolute atomic E-state index is 0.0191. The van der Waals surface area contributed by atoms with Crippen LogP contribution in [-0.2, 0) is 4.79 Å². The summed E-state index contributed by atoms with van der Waals surface area (Å²) in [4.78, 5) is 18.0. The predicted molar refractivity (Wildman–Crippen MR) is 107 cm³/mol. The summed E-state index contributed by atoms with van der Waals surface area (Å²) in [6.45, 7) is 6.75. The van der Waals surface area contributed by atoms with Crippen molar-refractivity contribution in [3.63, 3.8) is 0 Å². The van der Waals surface area contributed by atoms with Gasteiger partial charge in [0, 0.05) is 26.7 Å². The number of guanidine groups is 1. The quantitative estimate of drug-likeness (QED) is 0.374. The molecule has 0 aromatic heterocycles. The van der Waals surface area contributed by atoms with E-state index in [9.17, 15) is 4.79 Å². The van der Waals surface area contributed by atoms with Crippen LogP contribution in [0, 0.1) is 5.92 Å². The molecule has 0 spiro atoms. The van der Waals surface area contributed by atoms with Gasteiger partial charge in [0.2, 0.25) is 5.91 Å². The molecule has 0 bridgehead atoms. The standard InChI is InChI=1S/C20H33N5O/c1-16(17-8-4-3-5-9-17)14-24-20(22-2)23-11-7-13-25-12-6-10-18(15-25)19(21)26/h3-5,8-9,16,18H,6-7,10-15H2,1-2H3,(H2,21,26)(H2,22,23,24). The van der Waals surface area contributed by atoms with Gasteiger partial charge in [-0.25, -0.2) is 0 Å². The van der Waals surface area contributed by atoms with Crippen LogP contribution >= 0.6 is 0 Å². The van der Waals surface area contributed by atoms with Crippen LogP contribution in [0.5, 0.6) is 0 Å². The van der Waals surface area contributed by atoms with Crippen molar-refractivity contribution in [3.8, 4) is 0 Å². The molecular weight excluding hydrogens is 326 g/mol. The number of likely N-dealkylation sites (tertiary alicyclic amines) is 1. The summed E-state index contributed by atoms with van der Waals surface area (Å²) in [5.41, 5.74) is 6.76. The van der Waals surface area contributed by atoms with Gasteiger partial charge in [-0.2, -0.15) is 0 Å². The lowest BCUT2D eigenvalue weighted by molar-refractivity contribution is -0.123. The second-order valence-corrected chi connectivity index (χ2v) is 7.09. The van der Waals surface area contributed by atoms with Gasteiger partial charge in [-0.15, -0.1) is 0 Å². The molecule has 1 heterocycles. The van der Waals surface area contributed by atoms with E-state index in [0.29, 0.717) is 5.92 Å². The molecule has 6 nitrogen and oxygen atoms in total. The molecule has 2 unspecified atom stereocenters. The van der Waals surface area contributed by atoms with Gasteiger partial charge >= 0.3 is 0 Å². The summed E-state index contributed by atoms with van der Waals surface area (Å²) in [5.74, 6) is 1.12. The fraction of sp³-hybridized carbons (Fsp3) is 0.600. The average Bonchev–Trinajstić information content (AvgIpc) is 2.68. The number of aliphatic imine (C=N–C) groups is 1. The Bertz CT molecular complexity index is 575. The highest BCUT2D eigenvalue weighted by molar-refractivity contribution is 5.79. The maximum absolute atomic E-state index is 11.3. The first-order chi connectivity index (χ1) is 12.6. The summed E-state index contributed by atoms with van der Waals surface area (Å²) in [7, 11) is 1.80. The molecule has 1 aliphatic rings. The minimum Gasteiger partial charge on any atom is -0.369 e. The number of nitrogens with two attached hydrogens (primary N) is 1. The van der Waals surface area contributed by atoms with Gasteiger partial charge < -0.3 is 21.3 Å². The molecule has 1 aliphatic heterocycles. The van der Waals surface area contributed by atoms with Crippen LogP contribution in [0.4, 0.5) is 0 Å². The van der Waals surface area contributed by atoms with Gasteiger partial charge in [0.15, 0.2) is 5.96 Å². The van der Waals surface area contributed by atoms with Crippen LogP contribution in [0.3, 0.4) is 0 Å². The lowest BCUT2D eigenvalue weighted by Crippen LogP contribution is -2.43. The van der Waals surface area contributed by atoms with Crippen LogP contribution in [0.2, 0.25) is 0 Å².